The molecule has 0 radical (unpaired) electrons. The molecule has 2 heterocycles. The van der Waals surface area contributed by atoms with Crippen LogP contribution in [-0.4, -0.2) is 62.7 Å². The van der Waals surface area contributed by atoms with Gasteiger partial charge in [0, 0.05) is 44.7 Å². The highest BCUT2D eigenvalue weighted by Gasteiger charge is 2.30. The SMILES string of the molecule is CC(N)C1CCCN(C(=O)CCCN(C)C2=NS(=O)(=O)c3ccccc32)C1. The number of rotatable bonds is 5. The van der Waals surface area contributed by atoms with Crippen molar-refractivity contribution in [1.82, 2.24) is 9.80 Å². The molecule has 0 aliphatic carbocycles. The highest BCUT2D eigenvalue weighted by atomic mass is 32.2. The van der Waals surface area contributed by atoms with E-state index >= 15 is 0 Å². The maximum Gasteiger partial charge on any atom is 0.285 e. The van der Waals surface area contributed by atoms with Crippen LogP contribution < -0.4 is 5.73 Å². The van der Waals surface area contributed by atoms with Crippen molar-refractivity contribution in [2.45, 2.75) is 43.5 Å². The van der Waals surface area contributed by atoms with Gasteiger partial charge >= 0.3 is 0 Å². The first-order chi connectivity index (χ1) is 12.8. The second-order valence-corrected chi connectivity index (χ2v) is 9.08. The Hall–Kier alpha value is -1.93. The molecule has 1 fully saturated rings. The molecule has 1 aromatic carbocycles. The number of benzene rings is 1. The second-order valence-electron chi connectivity index (χ2n) is 7.51. The lowest BCUT2D eigenvalue weighted by atomic mass is 9.92. The van der Waals surface area contributed by atoms with Gasteiger partial charge in [-0.2, -0.15) is 8.42 Å². The Bertz CT molecular complexity index is 835. The van der Waals surface area contributed by atoms with Crippen LogP contribution in [0.3, 0.4) is 0 Å². The van der Waals surface area contributed by atoms with Crippen molar-refractivity contribution in [2.75, 3.05) is 26.7 Å². The first kappa shape index (κ1) is 19.8. The number of carbonyl (C=O) groups excluding carboxylic acids is 1. The molecule has 7 nitrogen and oxygen atoms in total. The van der Waals surface area contributed by atoms with Gasteiger partial charge in [-0.3, -0.25) is 4.79 Å². The first-order valence-electron chi connectivity index (χ1n) is 9.48. The Kier molecular flexibility index (Phi) is 5.86. The van der Waals surface area contributed by atoms with Crippen LogP contribution >= 0.6 is 0 Å². The molecule has 2 unspecified atom stereocenters. The van der Waals surface area contributed by atoms with E-state index in [0.717, 1.165) is 25.9 Å². The summed E-state index contributed by atoms with van der Waals surface area (Å²) in [4.78, 5) is 16.5. The monoisotopic (exact) mass is 392 g/mol. The fraction of sp³-hybridized carbons (Fsp3) is 0.579. The van der Waals surface area contributed by atoms with Crippen LogP contribution in [0, 0.1) is 5.92 Å². The fourth-order valence-electron chi connectivity index (χ4n) is 3.76. The van der Waals surface area contributed by atoms with Gasteiger partial charge in [-0.1, -0.05) is 12.1 Å². The highest BCUT2D eigenvalue weighted by Crippen LogP contribution is 2.27. The Morgan fingerprint density at radius 1 is 1.41 bits per heavy atom. The van der Waals surface area contributed by atoms with Crippen molar-refractivity contribution in [2.24, 2.45) is 16.0 Å². The molecule has 0 bridgehead atoms. The normalized spacial score (nSPS) is 22.1. The molecule has 2 N–H and O–H groups in total. The Labute approximate surface area is 161 Å². The third-order valence-corrected chi connectivity index (χ3v) is 6.74. The maximum atomic E-state index is 12.5. The predicted molar refractivity (Wildman–Crippen MR) is 105 cm³/mol. The summed E-state index contributed by atoms with van der Waals surface area (Å²) in [6.45, 7) is 4.11. The molecule has 1 aromatic rings. The Morgan fingerprint density at radius 2 is 2.15 bits per heavy atom. The predicted octanol–water partition coefficient (Wildman–Crippen LogP) is 1.43. The van der Waals surface area contributed by atoms with Crippen LogP contribution in [0.2, 0.25) is 0 Å². The number of amides is 1. The Morgan fingerprint density at radius 3 is 2.89 bits per heavy atom. The molecule has 27 heavy (non-hydrogen) atoms. The van der Waals surface area contributed by atoms with E-state index in [1.165, 1.54) is 0 Å². The van der Waals surface area contributed by atoms with Gasteiger partial charge in [0.05, 0.1) is 0 Å². The lowest BCUT2D eigenvalue weighted by Crippen LogP contribution is -2.45. The summed E-state index contributed by atoms with van der Waals surface area (Å²) in [6, 6.07) is 6.94. The van der Waals surface area contributed by atoms with Gasteiger partial charge in [0.2, 0.25) is 5.91 Å². The zero-order valence-corrected chi connectivity index (χ0v) is 16.8. The van der Waals surface area contributed by atoms with Gasteiger partial charge in [-0.15, -0.1) is 4.40 Å². The quantitative estimate of drug-likeness (QED) is 0.818. The van der Waals surface area contributed by atoms with E-state index in [0.29, 0.717) is 36.7 Å². The number of nitrogens with zero attached hydrogens (tertiary/aromatic N) is 3. The minimum atomic E-state index is -3.61. The summed E-state index contributed by atoms with van der Waals surface area (Å²) in [5.74, 6) is 0.975. The maximum absolute atomic E-state index is 12.5. The number of fused-ring (bicyclic) bond motifs is 1. The van der Waals surface area contributed by atoms with E-state index in [-0.39, 0.29) is 16.8 Å². The van der Waals surface area contributed by atoms with Gasteiger partial charge < -0.3 is 15.5 Å². The molecule has 1 amide bonds. The average molecular weight is 393 g/mol. The third kappa shape index (κ3) is 4.32. The fourth-order valence-corrected chi connectivity index (χ4v) is 5.01. The zero-order valence-electron chi connectivity index (χ0n) is 16.0. The number of nitrogens with two attached hydrogens (primary N) is 1. The van der Waals surface area contributed by atoms with Gasteiger partial charge in [0.1, 0.15) is 10.7 Å². The van der Waals surface area contributed by atoms with E-state index in [1.54, 1.807) is 24.3 Å². The molecule has 0 saturated carbocycles. The van der Waals surface area contributed by atoms with Gasteiger partial charge in [0.25, 0.3) is 10.0 Å². The summed E-state index contributed by atoms with van der Waals surface area (Å²) >= 11 is 0. The summed E-state index contributed by atoms with van der Waals surface area (Å²) in [5, 5.41) is 0. The third-order valence-electron chi connectivity index (χ3n) is 5.41. The smallest absolute Gasteiger partial charge is 0.285 e. The van der Waals surface area contributed by atoms with Crippen LogP contribution in [0.15, 0.2) is 33.6 Å². The number of hydrogen-bond acceptors (Lipinski definition) is 5. The first-order valence-corrected chi connectivity index (χ1v) is 10.9. The topological polar surface area (TPSA) is 96.1 Å². The van der Waals surface area contributed by atoms with Crippen molar-refractivity contribution in [3.05, 3.63) is 29.8 Å². The largest absolute Gasteiger partial charge is 0.358 e. The molecule has 0 aromatic heterocycles. The number of carbonyl (C=O) groups is 1. The summed E-state index contributed by atoms with van der Waals surface area (Å²) < 4.78 is 28.2. The standard InChI is InChI=1S/C19H28N4O3S/c1-14(20)15-7-5-12-23(13-15)18(24)10-6-11-22(2)19-16-8-3-4-9-17(16)27(25,26)21-19/h3-4,8-9,14-15H,5-7,10-13,20H2,1-2H3. The van der Waals surface area contributed by atoms with E-state index in [1.807, 2.05) is 23.8 Å². The van der Waals surface area contributed by atoms with Crippen LogP contribution in [0.5, 0.6) is 0 Å². The zero-order chi connectivity index (χ0) is 19.6. The van der Waals surface area contributed by atoms with Crippen molar-refractivity contribution in [3.8, 4) is 0 Å². The Balaban J connectivity index is 1.55. The van der Waals surface area contributed by atoms with Crippen molar-refractivity contribution < 1.29 is 13.2 Å². The summed E-state index contributed by atoms with van der Waals surface area (Å²) in [5.41, 5.74) is 6.62. The van der Waals surface area contributed by atoms with Gasteiger partial charge in [-0.25, -0.2) is 0 Å². The molecule has 2 atom stereocenters. The van der Waals surface area contributed by atoms with Crippen molar-refractivity contribution in [3.63, 3.8) is 0 Å². The van der Waals surface area contributed by atoms with E-state index in [2.05, 4.69) is 4.40 Å². The summed E-state index contributed by atoms with van der Waals surface area (Å²) in [6.07, 6.45) is 3.18. The molecular formula is C19H28N4O3S. The van der Waals surface area contributed by atoms with E-state index in [9.17, 15) is 13.2 Å². The minimum absolute atomic E-state index is 0.106. The van der Waals surface area contributed by atoms with Crippen molar-refractivity contribution >= 4 is 21.8 Å². The molecule has 0 spiro atoms. The number of hydrogen-bond donors (Lipinski definition) is 1. The number of sulfonamides is 1. The second kappa shape index (κ2) is 7.98. The lowest BCUT2D eigenvalue weighted by molar-refractivity contribution is -0.133. The molecule has 1 saturated heterocycles. The van der Waals surface area contributed by atoms with Gasteiger partial charge in [-0.05, 0) is 44.2 Å². The summed E-state index contributed by atoms with van der Waals surface area (Å²) in [7, 11) is -1.80. The van der Waals surface area contributed by atoms with Crippen LogP contribution in [0.25, 0.3) is 0 Å². The van der Waals surface area contributed by atoms with Crippen molar-refractivity contribution in [1.29, 1.82) is 0 Å². The number of piperidine rings is 1. The van der Waals surface area contributed by atoms with Crippen LogP contribution in [0.1, 0.15) is 38.2 Å². The molecule has 8 heteroatoms. The van der Waals surface area contributed by atoms with E-state index in [4.69, 9.17) is 5.73 Å². The number of amidine groups is 1. The molecule has 2 aliphatic rings. The number of likely N-dealkylation sites (tertiary alicyclic amines) is 1. The highest BCUT2D eigenvalue weighted by molar-refractivity contribution is 7.90. The van der Waals surface area contributed by atoms with Crippen LogP contribution in [-0.2, 0) is 14.8 Å². The molecule has 3 rings (SSSR count). The average Bonchev–Trinajstić information content (AvgIpc) is 2.93. The molecule has 148 valence electrons. The van der Waals surface area contributed by atoms with E-state index < -0.39 is 10.0 Å². The van der Waals surface area contributed by atoms with Gasteiger partial charge in [0.15, 0.2) is 0 Å². The minimum Gasteiger partial charge on any atom is -0.358 e. The molecular weight excluding hydrogens is 364 g/mol. The lowest BCUT2D eigenvalue weighted by Gasteiger charge is -2.34. The van der Waals surface area contributed by atoms with Crippen LogP contribution in [0.4, 0.5) is 0 Å². The molecule has 2 aliphatic heterocycles.